The summed E-state index contributed by atoms with van der Waals surface area (Å²) in [4.78, 5) is 7.02. The SMILES string of the molecule is CN1CCC(c2cn3c(n2)SCC3)C(N)C1. The largest absolute Gasteiger partial charge is 0.326 e. The van der Waals surface area contributed by atoms with Crippen LogP contribution in [0.1, 0.15) is 18.0 Å². The van der Waals surface area contributed by atoms with Crippen LogP contribution in [-0.2, 0) is 6.54 Å². The maximum Gasteiger partial charge on any atom is 0.168 e. The normalized spacial score (nSPS) is 30.6. The van der Waals surface area contributed by atoms with Gasteiger partial charge in [-0.15, -0.1) is 0 Å². The molecule has 1 fully saturated rings. The molecule has 0 saturated carbocycles. The average Bonchev–Trinajstić information content (AvgIpc) is 2.76. The van der Waals surface area contributed by atoms with Crippen LogP contribution in [0.2, 0.25) is 0 Å². The number of piperidine rings is 1. The van der Waals surface area contributed by atoms with Gasteiger partial charge >= 0.3 is 0 Å². The van der Waals surface area contributed by atoms with E-state index in [2.05, 4.69) is 22.7 Å². The predicted octanol–water partition coefficient (Wildman–Crippen LogP) is 0.735. The van der Waals surface area contributed by atoms with E-state index in [9.17, 15) is 0 Å². The standard InChI is InChI=1S/C11H18N4S/c1-14-3-2-8(9(12)6-14)10-7-15-4-5-16-11(15)13-10/h7-9H,2-6,12H2,1H3. The summed E-state index contributed by atoms with van der Waals surface area (Å²) < 4.78 is 2.27. The summed E-state index contributed by atoms with van der Waals surface area (Å²) in [5, 5.41) is 1.18. The molecule has 16 heavy (non-hydrogen) atoms. The first-order chi connectivity index (χ1) is 7.74. The van der Waals surface area contributed by atoms with E-state index in [-0.39, 0.29) is 6.04 Å². The van der Waals surface area contributed by atoms with Crippen LogP contribution in [0, 0.1) is 0 Å². The molecule has 3 rings (SSSR count). The first-order valence-corrected chi connectivity index (χ1v) is 6.86. The number of thioether (sulfide) groups is 1. The van der Waals surface area contributed by atoms with E-state index < -0.39 is 0 Å². The molecule has 1 saturated heterocycles. The zero-order valence-corrected chi connectivity index (χ0v) is 10.4. The van der Waals surface area contributed by atoms with Gasteiger partial charge < -0.3 is 15.2 Å². The van der Waals surface area contributed by atoms with Crippen molar-refractivity contribution in [3.63, 3.8) is 0 Å². The molecular weight excluding hydrogens is 220 g/mol. The summed E-state index contributed by atoms with van der Waals surface area (Å²) in [6.45, 7) is 3.22. The second kappa shape index (κ2) is 4.05. The van der Waals surface area contributed by atoms with Crippen LogP contribution in [0.25, 0.3) is 0 Å². The number of hydrogen-bond donors (Lipinski definition) is 1. The second-order valence-electron chi connectivity index (χ2n) is 4.81. The minimum absolute atomic E-state index is 0.236. The monoisotopic (exact) mass is 238 g/mol. The summed E-state index contributed by atoms with van der Waals surface area (Å²) >= 11 is 1.86. The zero-order valence-electron chi connectivity index (χ0n) is 9.59. The van der Waals surface area contributed by atoms with Gasteiger partial charge in [0.15, 0.2) is 5.16 Å². The molecule has 1 aromatic rings. The number of likely N-dealkylation sites (tertiary alicyclic amines) is 1. The Hall–Kier alpha value is -0.520. The Morgan fingerprint density at radius 2 is 2.38 bits per heavy atom. The molecule has 0 spiro atoms. The van der Waals surface area contributed by atoms with Gasteiger partial charge in [0.1, 0.15) is 0 Å². The Labute approximate surface area is 100 Å². The van der Waals surface area contributed by atoms with Crippen molar-refractivity contribution in [2.75, 3.05) is 25.9 Å². The Morgan fingerprint density at radius 3 is 3.12 bits per heavy atom. The minimum Gasteiger partial charge on any atom is -0.326 e. The molecule has 1 aromatic heterocycles. The molecule has 5 heteroatoms. The average molecular weight is 238 g/mol. The van der Waals surface area contributed by atoms with Crippen LogP contribution in [0.5, 0.6) is 0 Å². The maximum absolute atomic E-state index is 6.22. The highest BCUT2D eigenvalue weighted by atomic mass is 32.2. The second-order valence-corrected chi connectivity index (χ2v) is 5.87. The van der Waals surface area contributed by atoms with Crippen molar-refractivity contribution in [1.29, 1.82) is 0 Å². The topological polar surface area (TPSA) is 47.1 Å². The Morgan fingerprint density at radius 1 is 1.50 bits per heavy atom. The quantitative estimate of drug-likeness (QED) is 0.784. The maximum atomic E-state index is 6.22. The van der Waals surface area contributed by atoms with Gasteiger partial charge in [-0.1, -0.05) is 11.8 Å². The predicted molar refractivity (Wildman–Crippen MR) is 65.8 cm³/mol. The Kier molecular flexibility index (Phi) is 2.69. The molecular formula is C11H18N4S. The summed E-state index contributed by atoms with van der Waals surface area (Å²) in [5.74, 6) is 1.62. The van der Waals surface area contributed by atoms with Crippen molar-refractivity contribution in [2.24, 2.45) is 5.73 Å². The number of hydrogen-bond acceptors (Lipinski definition) is 4. The van der Waals surface area contributed by atoms with Gasteiger partial charge in [0, 0.05) is 37.0 Å². The molecule has 2 N–H and O–H groups in total. The fourth-order valence-electron chi connectivity index (χ4n) is 2.63. The molecule has 0 aromatic carbocycles. The lowest BCUT2D eigenvalue weighted by atomic mass is 9.90. The minimum atomic E-state index is 0.236. The molecule has 3 heterocycles. The molecule has 0 amide bonds. The third-order valence-corrected chi connectivity index (χ3v) is 4.53. The molecule has 0 aliphatic carbocycles. The van der Waals surface area contributed by atoms with E-state index in [1.165, 1.54) is 16.6 Å². The van der Waals surface area contributed by atoms with Crippen molar-refractivity contribution < 1.29 is 0 Å². The summed E-state index contributed by atoms with van der Waals surface area (Å²) in [6.07, 6.45) is 3.35. The molecule has 2 atom stereocenters. The summed E-state index contributed by atoms with van der Waals surface area (Å²) in [6, 6.07) is 0.236. The number of imidazole rings is 1. The van der Waals surface area contributed by atoms with Crippen molar-refractivity contribution in [3.05, 3.63) is 11.9 Å². The summed E-state index contributed by atoms with van der Waals surface area (Å²) in [5.41, 5.74) is 7.43. The van der Waals surface area contributed by atoms with Gasteiger partial charge in [0.05, 0.1) is 5.69 Å². The van der Waals surface area contributed by atoms with Crippen LogP contribution in [-0.4, -0.2) is 46.4 Å². The molecule has 0 radical (unpaired) electrons. The lowest BCUT2D eigenvalue weighted by Crippen LogP contribution is -2.45. The van der Waals surface area contributed by atoms with Crippen molar-refractivity contribution >= 4 is 11.8 Å². The number of aromatic nitrogens is 2. The molecule has 88 valence electrons. The Bertz CT molecular complexity index is 368. The van der Waals surface area contributed by atoms with Gasteiger partial charge in [0.25, 0.3) is 0 Å². The van der Waals surface area contributed by atoms with Gasteiger partial charge in [-0.05, 0) is 20.0 Å². The lowest BCUT2D eigenvalue weighted by molar-refractivity contribution is 0.226. The van der Waals surface area contributed by atoms with Gasteiger partial charge in [-0.2, -0.15) is 0 Å². The number of likely N-dealkylation sites (N-methyl/N-ethyl adjacent to an activating group) is 1. The molecule has 0 bridgehead atoms. The van der Waals surface area contributed by atoms with E-state index in [4.69, 9.17) is 10.7 Å². The first-order valence-electron chi connectivity index (χ1n) is 5.88. The number of aryl methyl sites for hydroxylation is 1. The van der Waals surface area contributed by atoms with Crippen LogP contribution >= 0.6 is 11.8 Å². The first kappa shape index (κ1) is 10.6. The number of nitrogens with two attached hydrogens (primary N) is 1. The smallest absolute Gasteiger partial charge is 0.168 e. The number of nitrogens with zero attached hydrogens (tertiary/aromatic N) is 3. The van der Waals surface area contributed by atoms with Crippen LogP contribution in [0.15, 0.2) is 11.4 Å². The highest BCUT2D eigenvalue weighted by molar-refractivity contribution is 7.99. The highest BCUT2D eigenvalue weighted by Gasteiger charge is 2.29. The van der Waals surface area contributed by atoms with Gasteiger partial charge in [0.2, 0.25) is 0 Å². The van der Waals surface area contributed by atoms with E-state index in [1.54, 1.807) is 0 Å². The van der Waals surface area contributed by atoms with Gasteiger partial charge in [-0.25, -0.2) is 4.98 Å². The third kappa shape index (κ3) is 1.77. The van der Waals surface area contributed by atoms with Crippen LogP contribution in [0.4, 0.5) is 0 Å². The van der Waals surface area contributed by atoms with Crippen molar-refractivity contribution in [1.82, 2.24) is 14.5 Å². The van der Waals surface area contributed by atoms with E-state index in [0.717, 1.165) is 26.1 Å². The molecule has 2 unspecified atom stereocenters. The molecule has 2 aliphatic heterocycles. The fourth-order valence-corrected chi connectivity index (χ4v) is 3.58. The van der Waals surface area contributed by atoms with Gasteiger partial charge in [-0.3, -0.25) is 0 Å². The van der Waals surface area contributed by atoms with E-state index in [1.807, 2.05) is 11.8 Å². The number of rotatable bonds is 1. The van der Waals surface area contributed by atoms with Crippen molar-refractivity contribution in [3.8, 4) is 0 Å². The molecule has 2 aliphatic rings. The van der Waals surface area contributed by atoms with Crippen LogP contribution < -0.4 is 5.73 Å². The molecule has 4 nitrogen and oxygen atoms in total. The third-order valence-electron chi connectivity index (χ3n) is 3.56. The fraction of sp³-hybridized carbons (Fsp3) is 0.727. The lowest BCUT2D eigenvalue weighted by Gasteiger charge is -2.33. The van der Waals surface area contributed by atoms with Crippen molar-refractivity contribution in [2.45, 2.75) is 30.1 Å². The Balaban J connectivity index is 1.81. The van der Waals surface area contributed by atoms with E-state index in [0.29, 0.717) is 5.92 Å². The number of fused-ring (bicyclic) bond motifs is 1. The summed E-state index contributed by atoms with van der Waals surface area (Å²) in [7, 11) is 2.14. The van der Waals surface area contributed by atoms with Crippen LogP contribution in [0.3, 0.4) is 0 Å². The van der Waals surface area contributed by atoms with E-state index >= 15 is 0 Å². The highest BCUT2D eigenvalue weighted by Crippen LogP contribution is 2.31. The zero-order chi connectivity index (χ0) is 11.1.